The molecular formula is C14H23N3. The van der Waals surface area contributed by atoms with Crippen LogP contribution in [0.4, 0.5) is 11.6 Å². The van der Waals surface area contributed by atoms with Crippen LogP contribution in [0.3, 0.4) is 0 Å². The molecule has 1 heterocycles. The molecule has 0 bridgehead atoms. The van der Waals surface area contributed by atoms with Crippen LogP contribution in [0.1, 0.15) is 33.1 Å². The van der Waals surface area contributed by atoms with Gasteiger partial charge in [-0.15, -0.1) is 0 Å². The highest BCUT2D eigenvalue weighted by Crippen LogP contribution is 2.35. The highest BCUT2D eigenvalue weighted by molar-refractivity contribution is 5.47. The predicted molar refractivity (Wildman–Crippen MR) is 73.6 cm³/mol. The molecule has 3 nitrogen and oxygen atoms in total. The minimum Gasteiger partial charge on any atom is -0.370 e. The summed E-state index contributed by atoms with van der Waals surface area (Å²) in [6.07, 6.45) is 3.87. The first-order chi connectivity index (χ1) is 8.22. The van der Waals surface area contributed by atoms with E-state index >= 15 is 0 Å². The molecule has 1 aromatic heterocycles. The molecular weight excluding hydrogens is 210 g/mol. The van der Waals surface area contributed by atoms with E-state index in [4.69, 9.17) is 0 Å². The summed E-state index contributed by atoms with van der Waals surface area (Å²) >= 11 is 0. The van der Waals surface area contributed by atoms with Gasteiger partial charge in [0.15, 0.2) is 0 Å². The zero-order chi connectivity index (χ0) is 12.3. The molecule has 0 aliphatic heterocycles. The van der Waals surface area contributed by atoms with Crippen molar-refractivity contribution in [3.8, 4) is 0 Å². The van der Waals surface area contributed by atoms with E-state index in [0.717, 1.165) is 30.5 Å². The van der Waals surface area contributed by atoms with Gasteiger partial charge in [0.05, 0.1) is 0 Å². The van der Waals surface area contributed by atoms with E-state index in [9.17, 15) is 0 Å². The van der Waals surface area contributed by atoms with Crippen LogP contribution >= 0.6 is 0 Å². The number of nitrogens with one attached hydrogen (secondary N) is 1. The van der Waals surface area contributed by atoms with Gasteiger partial charge in [0.25, 0.3) is 0 Å². The molecule has 1 saturated carbocycles. The minimum atomic E-state index is 0.601. The van der Waals surface area contributed by atoms with Crippen molar-refractivity contribution < 1.29 is 0 Å². The lowest BCUT2D eigenvalue weighted by Crippen LogP contribution is -2.31. The Kier molecular flexibility index (Phi) is 3.87. The van der Waals surface area contributed by atoms with Gasteiger partial charge in [0.2, 0.25) is 0 Å². The first kappa shape index (κ1) is 12.2. The van der Waals surface area contributed by atoms with E-state index < -0.39 is 0 Å². The Morgan fingerprint density at radius 2 is 2.24 bits per heavy atom. The van der Waals surface area contributed by atoms with Crippen molar-refractivity contribution >= 4 is 11.6 Å². The minimum absolute atomic E-state index is 0.601. The Labute approximate surface area is 104 Å². The molecule has 1 unspecified atom stereocenters. The Morgan fingerprint density at radius 1 is 1.47 bits per heavy atom. The molecule has 1 aliphatic rings. The predicted octanol–water partition coefficient (Wildman–Crippen LogP) is 3.14. The number of aromatic nitrogens is 1. The summed E-state index contributed by atoms with van der Waals surface area (Å²) < 4.78 is 0. The lowest BCUT2D eigenvalue weighted by molar-refractivity contribution is 0.604. The molecule has 0 aromatic carbocycles. The molecule has 17 heavy (non-hydrogen) atoms. The van der Waals surface area contributed by atoms with Gasteiger partial charge >= 0.3 is 0 Å². The monoisotopic (exact) mass is 233 g/mol. The summed E-state index contributed by atoms with van der Waals surface area (Å²) in [5.41, 5.74) is 0. The third-order valence-electron chi connectivity index (χ3n) is 3.57. The highest BCUT2D eigenvalue weighted by Gasteiger charge is 2.30. The standard InChI is InChI=1S/C14H23N3/c1-4-10-15-13-6-5-7-14(16-13)17(3)11(2)12-8-9-12/h5-7,11-12H,4,8-10H2,1-3H3,(H,15,16). The van der Waals surface area contributed by atoms with E-state index in [-0.39, 0.29) is 0 Å². The number of anilines is 2. The first-order valence-electron chi connectivity index (χ1n) is 6.66. The number of hydrogen-bond donors (Lipinski definition) is 1. The summed E-state index contributed by atoms with van der Waals surface area (Å²) in [6.45, 7) is 5.45. The van der Waals surface area contributed by atoms with E-state index in [1.54, 1.807) is 0 Å². The quantitative estimate of drug-likeness (QED) is 0.818. The summed E-state index contributed by atoms with van der Waals surface area (Å²) in [5.74, 6) is 2.93. The van der Waals surface area contributed by atoms with E-state index in [1.165, 1.54) is 12.8 Å². The van der Waals surface area contributed by atoms with Crippen LogP contribution in [-0.4, -0.2) is 24.6 Å². The maximum atomic E-state index is 4.66. The fourth-order valence-corrected chi connectivity index (χ4v) is 2.07. The van der Waals surface area contributed by atoms with Crippen molar-refractivity contribution in [2.24, 2.45) is 5.92 Å². The maximum absolute atomic E-state index is 4.66. The first-order valence-corrected chi connectivity index (χ1v) is 6.66. The SMILES string of the molecule is CCCNc1cccc(N(C)C(C)C2CC2)n1. The second kappa shape index (κ2) is 5.39. The van der Waals surface area contributed by atoms with Crippen molar-refractivity contribution in [3.05, 3.63) is 18.2 Å². The molecule has 1 aromatic rings. The smallest absolute Gasteiger partial charge is 0.130 e. The Morgan fingerprint density at radius 3 is 2.88 bits per heavy atom. The fourth-order valence-electron chi connectivity index (χ4n) is 2.07. The number of rotatable bonds is 6. The molecule has 1 N–H and O–H groups in total. The van der Waals surface area contributed by atoms with Gasteiger partial charge in [-0.3, -0.25) is 0 Å². The molecule has 3 heteroatoms. The summed E-state index contributed by atoms with van der Waals surface area (Å²) in [6, 6.07) is 6.81. The number of nitrogens with zero attached hydrogens (tertiary/aromatic N) is 2. The molecule has 0 amide bonds. The lowest BCUT2D eigenvalue weighted by Gasteiger charge is -2.26. The second-order valence-corrected chi connectivity index (χ2v) is 5.00. The third kappa shape index (κ3) is 3.11. The lowest BCUT2D eigenvalue weighted by atomic mass is 10.2. The Hall–Kier alpha value is -1.25. The molecule has 1 aliphatic carbocycles. The van der Waals surface area contributed by atoms with Gasteiger partial charge in [0, 0.05) is 19.6 Å². The van der Waals surface area contributed by atoms with Crippen LogP contribution in [0.25, 0.3) is 0 Å². The van der Waals surface area contributed by atoms with Gasteiger partial charge in [0.1, 0.15) is 11.6 Å². The number of hydrogen-bond acceptors (Lipinski definition) is 3. The van der Waals surface area contributed by atoms with Crippen LogP contribution in [0.15, 0.2) is 18.2 Å². The summed E-state index contributed by atoms with van der Waals surface area (Å²) in [5, 5.41) is 3.34. The molecule has 94 valence electrons. The molecule has 0 saturated heterocycles. The average Bonchev–Trinajstić information content (AvgIpc) is 3.19. The second-order valence-electron chi connectivity index (χ2n) is 5.00. The molecule has 2 rings (SSSR count). The molecule has 1 fully saturated rings. The van der Waals surface area contributed by atoms with E-state index in [1.807, 2.05) is 6.07 Å². The largest absolute Gasteiger partial charge is 0.370 e. The van der Waals surface area contributed by atoms with E-state index in [0.29, 0.717) is 6.04 Å². The van der Waals surface area contributed by atoms with Crippen molar-refractivity contribution in [3.63, 3.8) is 0 Å². The topological polar surface area (TPSA) is 28.2 Å². The van der Waals surface area contributed by atoms with Crippen molar-refractivity contribution in [1.29, 1.82) is 0 Å². The zero-order valence-corrected chi connectivity index (χ0v) is 11.1. The molecule has 1 atom stereocenters. The van der Waals surface area contributed by atoms with Crippen LogP contribution < -0.4 is 10.2 Å². The highest BCUT2D eigenvalue weighted by atomic mass is 15.2. The summed E-state index contributed by atoms with van der Waals surface area (Å²) in [7, 11) is 2.15. The van der Waals surface area contributed by atoms with Crippen LogP contribution in [0, 0.1) is 5.92 Å². The van der Waals surface area contributed by atoms with Crippen molar-refractivity contribution in [2.45, 2.75) is 39.2 Å². The van der Waals surface area contributed by atoms with Crippen molar-refractivity contribution in [2.75, 3.05) is 23.8 Å². The van der Waals surface area contributed by atoms with Gasteiger partial charge in [-0.25, -0.2) is 4.98 Å². The van der Waals surface area contributed by atoms with Gasteiger partial charge in [-0.05, 0) is 44.2 Å². The number of pyridine rings is 1. The Bertz CT molecular complexity index is 360. The molecule has 0 spiro atoms. The van der Waals surface area contributed by atoms with Gasteiger partial charge < -0.3 is 10.2 Å². The van der Waals surface area contributed by atoms with E-state index in [2.05, 4.69) is 48.2 Å². The van der Waals surface area contributed by atoms with Gasteiger partial charge in [-0.1, -0.05) is 13.0 Å². The fraction of sp³-hybridized carbons (Fsp3) is 0.643. The normalized spacial score (nSPS) is 16.6. The third-order valence-corrected chi connectivity index (χ3v) is 3.57. The van der Waals surface area contributed by atoms with Crippen LogP contribution in [0.2, 0.25) is 0 Å². The van der Waals surface area contributed by atoms with Gasteiger partial charge in [-0.2, -0.15) is 0 Å². The van der Waals surface area contributed by atoms with Crippen molar-refractivity contribution in [1.82, 2.24) is 4.98 Å². The van der Waals surface area contributed by atoms with Crippen LogP contribution in [-0.2, 0) is 0 Å². The molecule has 0 radical (unpaired) electrons. The zero-order valence-electron chi connectivity index (χ0n) is 11.1. The summed E-state index contributed by atoms with van der Waals surface area (Å²) in [4.78, 5) is 6.96. The van der Waals surface area contributed by atoms with Crippen LogP contribution in [0.5, 0.6) is 0 Å². The average molecular weight is 233 g/mol. The Balaban J connectivity index is 2.03. The maximum Gasteiger partial charge on any atom is 0.130 e.